The standard InChI is InChI=1S/C14H13BrN2O/c1-9-2-3-10(8-13(9)16)14(18)17-12-6-4-11(15)5-7-12/h2-8H,16H2,1H3,(H,17,18). The highest BCUT2D eigenvalue weighted by molar-refractivity contribution is 9.10. The molecular formula is C14H13BrN2O. The number of nitrogens with two attached hydrogens (primary N) is 1. The van der Waals surface area contributed by atoms with Crippen molar-refractivity contribution in [2.24, 2.45) is 0 Å². The van der Waals surface area contributed by atoms with Gasteiger partial charge in [0.15, 0.2) is 0 Å². The molecule has 1 amide bonds. The van der Waals surface area contributed by atoms with Gasteiger partial charge in [-0.15, -0.1) is 0 Å². The SMILES string of the molecule is Cc1ccc(C(=O)Nc2ccc(Br)cc2)cc1N. The van der Waals surface area contributed by atoms with Gasteiger partial charge in [0.2, 0.25) is 0 Å². The van der Waals surface area contributed by atoms with Gasteiger partial charge in [-0.1, -0.05) is 22.0 Å². The lowest BCUT2D eigenvalue weighted by Crippen LogP contribution is -2.12. The summed E-state index contributed by atoms with van der Waals surface area (Å²) in [7, 11) is 0. The van der Waals surface area contributed by atoms with E-state index in [1.165, 1.54) is 0 Å². The zero-order valence-corrected chi connectivity index (χ0v) is 11.5. The van der Waals surface area contributed by atoms with Gasteiger partial charge in [0.1, 0.15) is 0 Å². The van der Waals surface area contributed by atoms with E-state index in [0.717, 1.165) is 15.7 Å². The lowest BCUT2D eigenvalue weighted by molar-refractivity contribution is 0.102. The van der Waals surface area contributed by atoms with Crippen molar-refractivity contribution in [3.63, 3.8) is 0 Å². The third kappa shape index (κ3) is 2.90. The largest absolute Gasteiger partial charge is 0.398 e. The Bertz CT molecular complexity index is 579. The van der Waals surface area contributed by atoms with E-state index in [4.69, 9.17) is 5.73 Å². The van der Waals surface area contributed by atoms with Crippen LogP contribution in [0.5, 0.6) is 0 Å². The molecule has 3 N–H and O–H groups in total. The Morgan fingerprint density at radius 2 is 1.83 bits per heavy atom. The average Bonchev–Trinajstić information content (AvgIpc) is 2.35. The number of amides is 1. The normalized spacial score (nSPS) is 10.1. The van der Waals surface area contributed by atoms with E-state index in [-0.39, 0.29) is 5.91 Å². The van der Waals surface area contributed by atoms with Crippen LogP contribution in [-0.4, -0.2) is 5.91 Å². The van der Waals surface area contributed by atoms with E-state index in [1.54, 1.807) is 12.1 Å². The first-order chi connectivity index (χ1) is 8.56. The number of aryl methyl sites for hydroxylation is 1. The topological polar surface area (TPSA) is 55.1 Å². The number of carbonyl (C=O) groups is 1. The van der Waals surface area contributed by atoms with Crippen LogP contribution < -0.4 is 11.1 Å². The molecule has 0 spiro atoms. The summed E-state index contributed by atoms with van der Waals surface area (Å²) in [6.45, 7) is 1.91. The minimum Gasteiger partial charge on any atom is -0.398 e. The minimum atomic E-state index is -0.163. The molecule has 4 heteroatoms. The van der Waals surface area contributed by atoms with Crippen molar-refractivity contribution in [1.29, 1.82) is 0 Å². The molecular weight excluding hydrogens is 292 g/mol. The Morgan fingerprint density at radius 1 is 1.17 bits per heavy atom. The van der Waals surface area contributed by atoms with Crippen molar-refractivity contribution in [1.82, 2.24) is 0 Å². The summed E-state index contributed by atoms with van der Waals surface area (Å²) in [6.07, 6.45) is 0. The van der Waals surface area contributed by atoms with Crippen LogP contribution in [-0.2, 0) is 0 Å². The van der Waals surface area contributed by atoms with Gasteiger partial charge in [-0.3, -0.25) is 4.79 Å². The molecule has 3 nitrogen and oxygen atoms in total. The van der Waals surface area contributed by atoms with Crippen LogP contribution in [0.3, 0.4) is 0 Å². The number of hydrogen-bond acceptors (Lipinski definition) is 2. The highest BCUT2D eigenvalue weighted by Gasteiger charge is 2.07. The van der Waals surface area contributed by atoms with Crippen molar-refractivity contribution >= 4 is 33.2 Å². The summed E-state index contributed by atoms with van der Waals surface area (Å²) in [4.78, 5) is 12.0. The second-order valence-electron chi connectivity index (χ2n) is 4.03. The molecule has 0 fully saturated rings. The molecule has 2 aromatic rings. The van der Waals surface area contributed by atoms with E-state index in [2.05, 4.69) is 21.2 Å². The highest BCUT2D eigenvalue weighted by Crippen LogP contribution is 2.17. The zero-order valence-electron chi connectivity index (χ0n) is 9.91. The Morgan fingerprint density at radius 3 is 2.44 bits per heavy atom. The van der Waals surface area contributed by atoms with E-state index < -0.39 is 0 Å². The van der Waals surface area contributed by atoms with E-state index >= 15 is 0 Å². The molecule has 2 aromatic carbocycles. The minimum absolute atomic E-state index is 0.163. The number of benzene rings is 2. The van der Waals surface area contributed by atoms with Crippen LogP contribution in [0, 0.1) is 6.92 Å². The van der Waals surface area contributed by atoms with Crippen LogP contribution >= 0.6 is 15.9 Å². The fraction of sp³-hybridized carbons (Fsp3) is 0.0714. The summed E-state index contributed by atoms with van der Waals surface area (Å²) in [5, 5.41) is 2.82. The highest BCUT2D eigenvalue weighted by atomic mass is 79.9. The Kier molecular flexibility index (Phi) is 3.67. The van der Waals surface area contributed by atoms with Gasteiger partial charge in [-0.25, -0.2) is 0 Å². The molecule has 92 valence electrons. The Hall–Kier alpha value is -1.81. The molecule has 0 saturated carbocycles. The third-order valence-corrected chi connectivity index (χ3v) is 3.17. The van der Waals surface area contributed by atoms with Crippen LogP contribution in [0.25, 0.3) is 0 Å². The third-order valence-electron chi connectivity index (χ3n) is 2.64. The summed E-state index contributed by atoms with van der Waals surface area (Å²) in [5.41, 5.74) is 8.69. The first-order valence-electron chi connectivity index (χ1n) is 5.49. The van der Waals surface area contributed by atoms with Gasteiger partial charge in [-0.2, -0.15) is 0 Å². The molecule has 18 heavy (non-hydrogen) atoms. The molecule has 2 rings (SSSR count). The van der Waals surface area contributed by atoms with Crippen LogP contribution in [0.4, 0.5) is 11.4 Å². The monoisotopic (exact) mass is 304 g/mol. The smallest absolute Gasteiger partial charge is 0.255 e. The number of rotatable bonds is 2. The summed E-state index contributed by atoms with van der Waals surface area (Å²) in [6, 6.07) is 12.7. The number of hydrogen-bond donors (Lipinski definition) is 2. The van der Waals surface area contributed by atoms with Crippen molar-refractivity contribution in [2.45, 2.75) is 6.92 Å². The zero-order chi connectivity index (χ0) is 13.1. The number of nitrogen functional groups attached to an aromatic ring is 1. The van der Waals surface area contributed by atoms with E-state index in [1.807, 2.05) is 37.3 Å². The van der Waals surface area contributed by atoms with Gasteiger partial charge in [0.25, 0.3) is 5.91 Å². The maximum Gasteiger partial charge on any atom is 0.255 e. The van der Waals surface area contributed by atoms with Crippen molar-refractivity contribution in [3.8, 4) is 0 Å². The van der Waals surface area contributed by atoms with Gasteiger partial charge < -0.3 is 11.1 Å². The molecule has 0 aliphatic rings. The average molecular weight is 305 g/mol. The Labute approximate surface area is 114 Å². The van der Waals surface area contributed by atoms with Crippen molar-refractivity contribution < 1.29 is 4.79 Å². The van der Waals surface area contributed by atoms with Crippen LogP contribution in [0.2, 0.25) is 0 Å². The number of anilines is 2. The fourth-order valence-electron chi connectivity index (χ4n) is 1.52. The molecule has 0 aromatic heterocycles. The molecule has 0 atom stereocenters. The Balaban J connectivity index is 2.16. The number of carbonyl (C=O) groups excluding carboxylic acids is 1. The number of halogens is 1. The van der Waals surface area contributed by atoms with Crippen LogP contribution in [0.15, 0.2) is 46.9 Å². The maximum atomic E-state index is 12.0. The molecule has 0 aliphatic carbocycles. The lowest BCUT2D eigenvalue weighted by Gasteiger charge is -2.07. The quantitative estimate of drug-likeness (QED) is 0.833. The van der Waals surface area contributed by atoms with Gasteiger partial charge in [0.05, 0.1) is 0 Å². The molecule has 0 heterocycles. The van der Waals surface area contributed by atoms with Crippen LogP contribution in [0.1, 0.15) is 15.9 Å². The van der Waals surface area contributed by atoms with Gasteiger partial charge >= 0.3 is 0 Å². The predicted molar refractivity (Wildman–Crippen MR) is 77.7 cm³/mol. The molecule has 0 unspecified atom stereocenters. The second kappa shape index (κ2) is 5.23. The maximum absolute atomic E-state index is 12.0. The molecule has 0 bridgehead atoms. The predicted octanol–water partition coefficient (Wildman–Crippen LogP) is 3.59. The van der Waals surface area contributed by atoms with E-state index in [0.29, 0.717) is 11.3 Å². The van der Waals surface area contributed by atoms with Crippen molar-refractivity contribution in [3.05, 3.63) is 58.1 Å². The van der Waals surface area contributed by atoms with E-state index in [9.17, 15) is 4.79 Å². The number of nitrogens with one attached hydrogen (secondary N) is 1. The van der Waals surface area contributed by atoms with Gasteiger partial charge in [-0.05, 0) is 48.9 Å². The molecule has 0 aliphatic heterocycles. The summed E-state index contributed by atoms with van der Waals surface area (Å²) < 4.78 is 0.972. The lowest BCUT2D eigenvalue weighted by atomic mass is 10.1. The first-order valence-corrected chi connectivity index (χ1v) is 6.28. The van der Waals surface area contributed by atoms with Gasteiger partial charge in [0, 0.05) is 21.4 Å². The molecule has 0 radical (unpaired) electrons. The summed E-state index contributed by atoms with van der Waals surface area (Å²) in [5.74, 6) is -0.163. The fourth-order valence-corrected chi connectivity index (χ4v) is 1.78. The summed E-state index contributed by atoms with van der Waals surface area (Å²) >= 11 is 3.34. The second-order valence-corrected chi connectivity index (χ2v) is 4.95. The first kappa shape index (κ1) is 12.6. The van der Waals surface area contributed by atoms with Crippen molar-refractivity contribution in [2.75, 3.05) is 11.1 Å². The molecule has 0 saturated heterocycles.